The Morgan fingerprint density at radius 1 is 1.29 bits per heavy atom. The first-order valence-electron chi connectivity index (χ1n) is 9.89. The molecule has 1 saturated heterocycles. The fraction of sp³-hybridized carbons (Fsp3) is 0.318. The van der Waals surface area contributed by atoms with E-state index in [2.05, 4.69) is 23.3 Å². The molecule has 4 rings (SSSR count). The molecular weight excluding hydrogens is 437 g/mol. The van der Waals surface area contributed by atoms with E-state index in [9.17, 15) is 15.2 Å². The number of nitrogens with zero attached hydrogens (tertiary/aromatic N) is 4. The van der Waals surface area contributed by atoms with Crippen LogP contribution in [-0.4, -0.2) is 33.8 Å². The minimum absolute atomic E-state index is 0.0683. The molecule has 1 aromatic carbocycles. The molecule has 0 radical (unpaired) electrons. The number of phenolic OH excluding ortho intramolecular Hbond substituents is 1. The van der Waals surface area contributed by atoms with Crippen LogP contribution in [0.25, 0.3) is 11.0 Å². The predicted molar refractivity (Wildman–Crippen MR) is 123 cm³/mol. The zero-order valence-corrected chi connectivity index (χ0v) is 18.6. The van der Waals surface area contributed by atoms with Gasteiger partial charge in [0, 0.05) is 37.3 Å². The van der Waals surface area contributed by atoms with Gasteiger partial charge in [-0.15, -0.1) is 0 Å². The molecule has 7 nitrogen and oxygen atoms in total. The highest BCUT2D eigenvalue weighted by Gasteiger charge is 2.30. The number of aromatic nitrogens is 2. The van der Waals surface area contributed by atoms with Crippen molar-refractivity contribution in [3.63, 3.8) is 0 Å². The molecule has 0 spiro atoms. The molecule has 1 aliphatic rings. The summed E-state index contributed by atoms with van der Waals surface area (Å²) in [5.41, 5.74) is 2.04. The number of anilines is 2. The van der Waals surface area contributed by atoms with Gasteiger partial charge in [-0.25, -0.2) is 4.98 Å². The molecule has 0 bridgehead atoms. The normalized spacial score (nSPS) is 18.7. The highest BCUT2D eigenvalue weighted by Crippen LogP contribution is 2.34. The van der Waals surface area contributed by atoms with Crippen molar-refractivity contribution < 1.29 is 5.11 Å². The first-order valence-corrected chi connectivity index (χ1v) is 10.6. The summed E-state index contributed by atoms with van der Waals surface area (Å²) in [4.78, 5) is 19.3. The Kier molecular flexibility index (Phi) is 5.69. The van der Waals surface area contributed by atoms with Crippen LogP contribution in [0.1, 0.15) is 18.9 Å². The van der Waals surface area contributed by atoms with Crippen molar-refractivity contribution in [1.29, 1.82) is 5.26 Å². The molecule has 1 fully saturated rings. The first kappa shape index (κ1) is 21.3. The van der Waals surface area contributed by atoms with Gasteiger partial charge >= 0.3 is 0 Å². The third kappa shape index (κ3) is 3.89. The van der Waals surface area contributed by atoms with Gasteiger partial charge in [-0.05, 0) is 36.6 Å². The van der Waals surface area contributed by atoms with E-state index in [-0.39, 0.29) is 28.8 Å². The molecule has 9 heteroatoms. The number of fused-ring (bicyclic) bond motifs is 1. The van der Waals surface area contributed by atoms with Crippen molar-refractivity contribution >= 4 is 45.6 Å². The van der Waals surface area contributed by atoms with E-state index in [1.165, 1.54) is 10.6 Å². The molecule has 0 saturated carbocycles. The maximum atomic E-state index is 12.8. The first-order chi connectivity index (χ1) is 14.8. The standard InChI is InChI=1S/C22H21Cl2N5O2/c1-12-11-29(8-7-15(12)26-16-4-3-13(23)9-18(16)30)21-14(10-25)22(31)28(2)17-5-6-19(24)27-20(17)21/h3-6,9,12,15,26,30H,7-8,11H2,1-2H3/t12-,15+/m1/s1. The molecule has 3 aromatic rings. The van der Waals surface area contributed by atoms with Crippen LogP contribution in [0.3, 0.4) is 0 Å². The van der Waals surface area contributed by atoms with E-state index in [1.807, 2.05) is 4.90 Å². The second kappa shape index (κ2) is 8.29. The highest BCUT2D eigenvalue weighted by atomic mass is 35.5. The van der Waals surface area contributed by atoms with Crippen molar-refractivity contribution in [3.05, 3.63) is 56.4 Å². The number of aromatic hydroxyl groups is 1. The van der Waals surface area contributed by atoms with Gasteiger partial charge in [-0.2, -0.15) is 5.26 Å². The van der Waals surface area contributed by atoms with Crippen LogP contribution in [0.4, 0.5) is 11.4 Å². The lowest BCUT2D eigenvalue weighted by Gasteiger charge is -2.39. The van der Waals surface area contributed by atoms with Gasteiger partial charge in [0.2, 0.25) is 0 Å². The summed E-state index contributed by atoms with van der Waals surface area (Å²) in [7, 11) is 1.63. The maximum Gasteiger partial charge on any atom is 0.270 e. The second-order valence-electron chi connectivity index (χ2n) is 7.83. The average molecular weight is 458 g/mol. The van der Waals surface area contributed by atoms with Gasteiger partial charge < -0.3 is 19.9 Å². The summed E-state index contributed by atoms with van der Waals surface area (Å²) in [5.74, 6) is 0.263. The SMILES string of the molecule is C[C@@H]1CN(c2c(C#N)c(=O)n(C)c3ccc(Cl)nc23)CC[C@@H]1Nc1ccc(Cl)cc1O. The van der Waals surface area contributed by atoms with Crippen LogP contribution in [0.15, 0.2) is 35.1 Å². The number of hydrogen-bond acceptors (Lipinski definition) is 6. The Balaban J connectivity index is 1.68. The molecule has 2 N–H and O–H groups in total. The van der Waals surface area contributed by atoms with E-state index in [0.717, 1.165) is 6.42 Å². The molecule has 3 heterocycles. The van der Waals surface area contributed by atoms with Crippen molar-refractivity contribution in [2.75, 3.05) is 23.3 Å². The van der Waals surface area contributed by atoms with Gasteiger partial charge in [0.1, 0.15) is 28.1 Å². The number of hydrogen-bond donors (Lipinski definition) is 2. The van der Waals surface area contributed by atoms with E-state index in [1.54, 1.807) is 31.3 Å². The molecule has 160 valence electrons. The quantitative estimate of drug-likeness (QED) is 0.453. The minimum Gasteiger partial charge on any atom is -0.506 e. The fourth-order valence-electron chi connectivity index (χ4n) is 4.17. The Labute approximate surface area is 189 Å². The van der Waals surface area contributed by atoms with E-state index < -0.39 is 0 Å². The summed E-state index contributed by atoms with van der Waals surface area (Å²) >= 11 is 12.1. The number of pyridine rings is 2. The number of phenols is 1. The van der Waals surface area contributed by atoms with E-state index in [4.69, 9.17) is 23.2 Å². The van der Waals surface area contributed by atoms with Crippen LogP contribution in [-0.2, 0) is 7.05 Å². The Morgan fingerprint density at radius 3 is 2.74 bits per heavy atom. The second-order valence-corrected chi connectivity index (χ2v) is 8.65. The Morgan fingerprint density at radius 2 is 2.06 bits per heavy atom. The third-order valence-corrected chi connectivity index (χ3v) is 6.26. The van der Waals surface area contributed by atoms with E-state index in [0.29, 0.717) is 45.7 Å². The zero-order chi connectivity index (χ0) is 22.3. The lowest BCUT2D eigenvalue weighted by atomic mass is 9.92. The largest absolute Gasteiger partial charge is 0.506 e. The molecule has 2 aromatic heterocycles. The summed E-state index contributed by atoms with van der Waals surface area (Å²) in [5, 5.41) is 24.1. The van der Waals surface area contributed by atoms with Crippen molar-refractivity contribution in [2.24, 2.45) is 13.0 Å². The number of nitrogens with one attached hydrogen (secondary N) is 1. The van der Waals surface area contributed by atoms with Gasteiger partial charge in [-0.1, -0.05) is 30.1 Å². The lowest BCUT2D eigenvalue weighted by Crippen LogP contribution is -2.46. The number of halogens is 2. The van der Waals surface area contributed by atoms with Crippen molar-refractivity contribution in [1.82, 2.24) is 9.55 Å². The van der Waals surface area contributed by atoms with Gasteiger partial charge in [0.05, 0.1) is 16.9 Å². The number of piperidine rings is 1. The average Bonchev–Trinajstić information content (AvgIpc) is 2.73. The van der Waals surface area contributed by atoms with E-state index >= 15 is 0 Å². The van der Waals surface area contributed by atoms with Gasteiger partial charge in [-0.3, -0.25) is 4.79 Å². The number of benzene rings is 1. The molecule has 0 amide bonds. The predicted octanol–water partition coefficient (Wildman–Crippen LogP) is 4.14. The third-order valence-electron chi connectivity index (χ3n) is 5.81. The lowest BCUT2D eigenvalue weighted by molar-refractivity contribution is 0.402. The van der Waals surface area contributed by atoms with Gasteiger partial charge in [0.15, 0.2) is 0 Å². The maximum absolute atomic E-state index is 12.8. The molecule has 2 atom stereocenters. The van der Waals surface area contributed by atoms with Crippen LogP contribution in [0.2, 0.25) is 10.2 Å². The molecule has 0 aliphatic carbocycles. The zero-order valence-electron chi connectivity index (χ0n) is 17.1. The van der Waals surface area contributed by atoms with Crippen molar-refractivity contribution in [3.8, 4) is 11.8 Å². The molecular formula is C22H21Cl2N5O2. The molecule has 1 aliphatic heterocycles. The summed E-state index contributed by atoms with van der Waals surface area (Å²) < 4.78 is 1.43. The number of nitriles is 1. The van der Waals surface area contributed by atoms with Crippen molar-refractivity contribution in [2.45, 2.75) is 19.4 Å². The molecule has 0 unspecified atom stereocenters. The number of aryl methyl sites for hydroxylation is 1. The summed E-state index contributed by atoms with van der Waals surface area (Å²) in [6.45, 7) is 3.31. The monoisotopic (exact) mass is 457 g/mol. The van der Waals surface area contributed by atoms with Crippen LogP contribution >= 0.6 is 23.2 Å². The number of rotatable bonds is 3. The topological polar surface area (TPSA) is 94.2 Å². The van der Waals surface area contributed by atoms with Crippen LogP contribution in [0.5, 0.6) is 5.75 Å². The highest BCUT2D eigenvalue weighted by molar-refractivity contribution is 6.30. The molecule has 31 heavy (non-hydrogen) atoms. The smallest absolute Gasteiger partial charge is 0.270 e. The Bertz CT molecular complexity index is 1270. The van der Waals surface area contributed by atoms with Gasteiger partial charge in [0.25, 0.3) is 5.56 Å². The summed E-state index contributed by atoms with van der Waals surface area (Å²) in [6, 6.07) is 10.5. The summed E-state index contributed by atoms with van der Waals surface area (Å²) in [6.07, 6.45) is 0.741. The Hall–Kier alpha value is -2.95. The fourth-order valence-corrected chi connectivity index (χ4v) is 4.48. The minimum atomic E-state index is -0.354. The van der Waals surface area contributed by atoms with Crippen LogP contribution < -0.4 is 15.8 Å². The van der Waals surface area contributed by atoms with Crippen LogP contribution in [0, 0.1) is 17.2 Å².